The Morgan fingerprint density at radius 1 is 0.643 bits per heavy atom. The topological polar surface area (TPSA) is 9.23 Å². The van der Waals surface area contributed by atoms with Gasteiger partial charge in [-0.15, -0.1) is 0 Å². The van der Waals surface area contributed by atoms with Gasteiger partial charge in [0.25, 0.3) is 0 Å². The molecule has 42 heavy (non-hydrogen) atoms. The summed E-state index contributed by atoms with van der Waals surface area (Å²) in [7, 11) is 0. The van der Waals surface area contributed by atoms with Crippen molar-refractivity contribution in [1.82, 2.24) is 0 Å². The van der Waals surface area contributed by atoms with Gasteiger partial charge in [-0.2, -0.15) is 4.39 Å². The summed E-state index contributed by atoms with van der Waals surface area (Å²) in [4.78, 5) is 0. The molecular formula is C38H47F3O. The lowest BCUT2D eigenvalue weighted by molar-refractivity contribution is 0.156. The van der Waals surface area contributed by atoms with E-state index in [1.165, 1.54) is 57.4 Å². The van der Waals surface area contributed by atoms with Crippen molar-refractivity contribution < 1.29 is 17.9 Å². The van der Waals surface area contributed by atoms with Gasteiger partial charge in [-0.25, -0.2) is 8.78 Å². The molecule has 1 nitrogen and oxygen atoms in total. The maximum absolute atomic E-state index is 15.4. The second-order valence-electron chi connectivity index (χ2n) is 12.8. The molecule has 0 heterocycles. The van der Waals surface area contributed by atoms with Crippen LogP contribution in [0.3, 0.4) is 0 Å². The maximum Gasteiger partial charge on any atom is 0.201 e. The summed E-state index contributed by atoms with van der Waals surface area (Å²) in [5, 5.41) is 0. The van der Waals surface area contributed by atoms with Crippen LogP contribution in [-0.2, 0) is 0 Å². The zero-order valence-corrected chi connectivity index (χ0v) is 25.4. The highest BCUT2D eigenvalue weighted by Crippen LogP contribution is 2.45. The van der Waals surface area contributed by atoms with Gasteiger partial charge in [0, 0.05) is 11.1 Å². The van der Waals surface area contributed by atoms with Crippen LogP contribution in [0.25, 0.3) is 22.3 Å². The fourth-order valence-electron chi connectivity index (χ4n) is 7.53. The number of ether oxygens (including phenoxy) is 1. The third-order valence-corrected chi connectivity index (χ3v) is 10.1. The molecule has 2 saturated carbocycles. The van der Waals surface area contributed by atoms with Gasteiger partial charge >= 0.3 is 0 Å². The van der Waals surface area contributed by atoms with E-state index in [9.17, 15) is 8.78 Å². The molecule has 2 aliphatic carbocycles. The second-order valence-corrected chi connectivity index (χ2v) is 12.8. The first-order chi connectivity index (χ1) is 20.5. The predicted octanol–water partition coefficient (Wildman–Crippen LogP) is 11.9. The van der Waals surface area contributed by atoms with Crippen LogP contribution in [0, 0.1) is 35.2 Å². The highest BCUT2D eigenvalue weighted by molar-refractivity contribution is 5.71. The van der Waals surface area contributed by atoms with Crippen molar-refractivity contribution in [3.63, 3.8) is 0 Å². The van der Waals surface area contributed by atoms with Gasteiger partial charge in [-0.1, -0.05) is 88.8 Å². The van der Waals surface area contributed by atoms with Gasteiger partial charge in [0.2, 0.25) is 5.82 Å². The molecule has 0 amide bonds. The van der Waals surface area contributed by atoms with Crippen LogP contribution in [0.4, 0.5) is 13.2 Å². The number of hydrogen-bond acceptors (Lipinski definition) is 1. The van der Waals surface area contributed by atoms with Crippen LogP contribution in [0.2, 0.25) is 0 Å². The van der Waals surface area contributed by atoms with Crippen LogP contribution >= 0.6 is 0 Å². The molecule has 3 aromatic rings. The van der Waals surface area contributed by atoms with Crippen molar-refractivity contribution >= 4 is 0 Å². The number of rotatable bonds is 11. The summed E-state index contributed by atoms with van der Waals surface area (Å²) in [6.45, 7) is 4.75. The maximum atomic E-state index is 15.4. The van der Waals surface area contributed by atoms with Gasteiger partial charge < -0.3 is 4.74 Å². The van der Waals surface area contributed by atoms with Crippen molar-refractivity contribution in [1.29, 1.82) is 0 Å². The monoisotopic (exact) mass is 576 g/mol. The fraction of sp³-hybridized carbons (Fsp3) is 0.526. The minimum absolute atomic E-state index is 0.0610. The quantitative estimate of drug-likeness (QED) is 0.206. The molecule has 0 atom stereocenters. The first-order valence-corrected chi connectivity index (χ1v) is 16.5. The summed E-state index contributed by atoms with van der Waals surface area (Å²) in [6, 6.07) is 15.7. The molecule has 0 N–H and O–H groups in total. The van der Waals surface area contributed by atoms with E-state index in [1.54, 1.807) is 36.4 Å². The van der Waals surface area contributed by atoms with Crippen molar-refractivity contribution in [2.75, 3.05) is 6.61 Å². The van der Waals surface area contributed by atoms with Crippen LogP contribution < -0.4 is 4.74 Å². The molecule has 2 fully saturated rings. The molecule has 226 valence electrons. The Balaban J connectivity index is 1.19. The Hall–Kier alpha value is -2.75. The Kier molecular flexibility index (Phi) is 10.7. The van der Waals surface area contributed by atoms with Gasteiger partial charge in [-0.05, 0) is 104 Å². The van der Waals surface area contributed by atoms with Gasteiger partial charge in [-0.3, -0.25) is 0 Å². The third kappa shape index (κ3) is 7.24. The van der Waals surface area contributed by atoms with Crippen LogP contribution in [0.15, 0.2) is 54.6 Å². The van der Waals surface area contributed by atoms with E-state index >= 15 is 4.39 Å². The molecule has 2 aliphatic rings. The molecule has 0 aromatic heterocycles. The van der Waals surface area contributed by atoms with Crippen LogP contribution in [0.5, 0.6) is 5.75 Å². The molecular weight excluding hydrogens is 529 g/mol. The third-order valence-electron chi connectivity index (χ3n) is 10.1. The average Bonchev–Trinajstić information content (AvgIpc) is 3.02. The SMILES string of the molecule is CCCCCOc1ccc(-c2ccc(-c3ccc(C4CCC(C5CCC(CCC)CC5)CC4)cc3F)cc2)c(F)c1F. The average molecular weight is 577 g/mol. The first kappa shape index (κ1) is 30.7. The number of halogens is 3. The van der Waals surface area contributed by atoms with Crippen LogP contribution in [0.1, 0.15) is 109 Å². The highest BCUT2D eigenvalue weighted by Gasteiger charge is 2.31. The zero-order valence-electron chi connectivity index (χ0n) is 25.4. The number of unbranched alkanes of at least 4 members (excludes halogenated alkanes) is 2. The fourth-order valence-corrected chi connectivity index (χ4v) is 7.53. The van der Waals surface area contributed by atoms with E-state index in [0.29, 0.717) is 23.7 Å². The van der Waals surface area contributed by atoms with E-state index in [-0.39, 0.29) is 17.1 Å². The summed E-state index contributed by atoms with van der Waals surface area (Å²) >= 11 is 0. The minimum Gasteiger partial charge on any atom is -0.490 e. The lowest BCUT2D eigenvalue weighted by Crippen LogP contribution is -2.25. The molecule has 0 radical (unpaired) electrons. The van der Waals surface area contributed by atoms with E-state index in [2.05, 4.69) is 19.9 Å². The standard InChI is InChI=1S/C38H47F3O/c1-3-5-6-24-42-36-23-22-34(37(40)38(36)41)31-18-16-30(17-19-31)33-21-20-32(25-35(33)39)29-14-12-28(13-15-29)27-10-8-26(7-4-2)9-11-27/h16-23,25-29H,3-15,24H2,1-2H3. The van der Waals surface area contributed by atoms with E-state index in [0.717, 1.165) is 61.0 Å². The molecule has 0 bridgehead atoms. The Morgan fingerprint density at radius 2 is 1.26 bits per heavy atom. The van der Waals surface area contributed by atoms with E-state index in [1.807, 2.05) is 6.07 Å². The second kappa shape index (κ2) is 14.6. The lowest BCUT2D eigenvalue weighted by atomic mass is 9.68. The number of benzene rings is 3. The lowest BCUT2D eigenvalue weighted by Gasteiger charge is -2.38. The van der Waals surface area contributed by atoms with Crippen molar-refractivity contribution in [3.8, 4) is 28.0 Å². The molecule has 0 unspecified atom stereocenters. The predicted molar refractivity (Wildman–Crippen MR) is 167 cm³/mol. The molecule has 3 aromatic carbocycles. The smallest absolute Gasteiger partial charge is 0.201 e. The summed E-state index contributed by atoms with van der Waals surface area (Å²) in [6.07, 6.45) is 16.0. The minimum atomic E-state index is -0.969. The van der Waals surface area contributed by atoms with Crippen LogP contribution in [-0.4, -0.2) is 6.61 Å². The van der Waals surface area contributed by atoms with Gasteiger partial charge in [0.15, 0.2) is 11.6 Å². The normalized spacial score (nSPS) is 22.7. The zero-order chi connectivity index (χ0) is 29.5. The van der Waals surface area contributed by atoms with Gasteiger partial charge in [0.05, 0.1) is 6.61 Å². The number of hydrogen-bond donors (Lipinski definition) is 0. The molecule has 0 saturated heterocycles. The summed E-state index contributed by atoms with van der Waals surface area (Å²) < 4.78 is 50.4. The van der Waals surface area contributed by atoms with E-state index in [4.69, 9.17) is 4.74 Å². The Morgan fingerprint density at radius 3 is 1.88 bits per heavy atom. The van der Waals surface area contributed by atoms with Crippen molar-refractivity contribution in [2.45, 2.75) is 103 Å². The molecule has 5 rings (SSSR count). The Labute approximate surface area is 250 Å². The molecule has 4 heteroatoms. The van der Waals surface area contributed by atoms with E-state index < -0.39 is 11.6 Å². The summed E-state index contributed by atoms with van der Waals surface area (Å²) in [5.41, 5.74) is 3.07. The van der Waals surface area contributed by atoms with Crippen molar-refractivity contribution in [2.24, 2.45) is 17.8 Å². The van der Waals surface area contributed by atoms with Crippen molar-refractivity contribution in [3.05, 3.63) is 77.6 Å². The summed E-state index contributed by atoms with van der Waals surface area (Å²) in [5.74, 6) is 0.948. The first-order valence-electron chi connectivity index (χ1n) is 16.5. The molecule has 0 aliphatic heterocycles. The molecule has 0 spiro atoms. The Bertz CT molecular complexity index is 1280. The largest absolute Gasteiger partial charge is 0.490 e. The van der Waals surface area contributed by atoms with Gasteiger partial charge in [0.1, 0.15) is 5.82 Å². The highest BCUT2D eigenvalue weighted by atomic mass is 19.2.